The molecule has 5 heteroatoms. The Labute approximate surface area is 105 Å². The Morgan fingerprint density at radius 3 is 2.89 bits per heavy atom. The molecule has 18 heavy (non-hydrogen) atoms. The van der Waals surface area contributed by atoms with E-state index >= 15 is 0 Å². The summed E-state index contributed by atoms with van der Waals surface area (Å²) in [5.74, 6) is 0.520. The highest BCUT2D eigenvalue weighted by molar-refractivity contribution is 5.67. The summed E-state index contributed by atoms with van der Waals surface area (Å²) in [7, 11) is 1.61. The van der Waals surface area contributed by atoms with Gasteiger partial charge in [-0.15, -0.1) is 0 Å². The van der Waals surface area contributed by atoms with Gasteiger partial charge in [0.25, 0.3) is 0 Å². The van der Waals surface area contributed by atoms with Crippen LogP contribution in [-0.4, -0.2) is 31.4 Å². The maximum Gasteiger partial charge on any atom is 0.303 e. The molecule has 1 aliphatic heterocycles. The highest BCUT2D eigenvalue weighted by Gasteiger charge is 2.19. The lowest BCUT2D eigenvalue weighted by Crippen LogP contribution is -2.17. The van der Waals surface area contributed by atoms with Gasteiger partial charge in [0.2, 0.25) is 0 Å². The van der Waals surface area contributed by atoms with E-state index in [1.807, 2.05) is 12.1 Å². The number of carboxylic acid groups (broad SMARTS) is 1. The van der Waals surface area contributed by atoms with E-state index in [0.717, 1.165) is 11.1 Å². The number of aliphatic carboxylic acids is 1. The zero-order valence-electron chi connectivity index (χ0n) is 10.3. The van der Waals surface area contributed by atoms with Gasteiger partial charge in [-0.3, -0.25) is 4.79 Å². The molecule has 1 aromatic carbocycles. The smallest absolute Gasteiger partial charge is 0.303 e. The van der Waals surface area contributed by atoms with E-state index in [-0.39, 0.29) is 6.42 Å². The first-order valence-corrected chi connectivity index (χ1v) is 5.83. The van der Waals surface area contributed by atoms with Gasteiger partial charge in [0.1, 0.15) is 13.2 Å². The van der Waals surface area contributed by atoms with Crippen molar-refractivity contribution in [2.75, 3.05) is 20.3 Å². The molecule has 0 unspecified atom stereocenters. The molecule has 0 bridgehead atoms. The van der Waals surface area contributed by atoms with Crippen LogP contribution >= 0.6 is 0 Å². The average molecular weight is 252 g/mol. The van der Waals surface area contributed by atoms with Crippen molar-refractivity contribution in [1.82, 2.24) is 0 Å². The van der Waals surface area contributed by atoms with E-state index in [9.17, 15) is 4.79 Å². The minimum Gasteiger partial charge on any atom is -0.486 e. The van der Waals surface area contributed by atoms with Crippen LogP contribution in [0.4, 0.5) is 0 Å². The van der Waals surface area contributed by atoms with Gasteiger partial charge in [0.15, 0.2) is 11.5 Å². The number of ether oxygens (including phenoxy) is 3. The van der Waals surface area contributed by atoms with Crippen molar-refractivity contribution in [3.63, 3.8) is 0 Å². The molecule has 1 N–H and O–H groups in total. The van der Waals surface area contributed by atoms with Gasteiger partial charge in [-0.25, -0.2) is 0 Å². The van der Waals surface area contributed by atoms with Crippen LogP contribution in [0.3, 0.4) is 0 Å². The van der Waals surface area contributed by atoms with E-state index in [4.69, 9.17) is 19.3 Å². The first-order valence-electron chi connectivity index (χ1n) is 5.83. The number of rotatable bonds is 5. The molecule has 98 valence electrons. The fourth-order valence-corrected chi connectivity index (χ4v) is 2.01. The Hall–Kier alpha value is -1.75. The Balaban J connectivity index is 2.32. The van der Waals surface area contributed by atoms with Crippen molar-refractivity contribution in [1.29, 1.82) is 0 Å². The summed E-state index contributed by atoms with van der Waals surface area (Å²) < 4.78 is 16.2. The number of hydrogen-bond acceptors (Lipinski definition) is 4. The monoisotopic (exact) mass is 252 g/mol. The summed E-state index contributed by atoms with van der Waals surface area (Å²) in [4.78, 5) is 10.7. The van der Waals surface area contributed by atoms with Gasteiger partial charge in [0.05, 0.1) is 6.61 Å². The molecule has 0 spiro atoms. The summed E-state index contributed by atoms with van der Waals surface area (Å²) in [5.41, 5.74) is 1.82. The average Bonchev–Trinajstić information content (AvgIpc) is 2.37. The molecule has 0 atom stereocenters. The van der Waals surface area contributed by atoms with Crippen LogP contribution in [-0.2, 0) is 22.6 Å². The zero-order valence-corrected chi connectivity index (χ0v) is 10.3. The van der Waals surface area contributed by atoms with E-state index in [1.54, 1.807) is 7.11 Å². The minimum atomic E-state index is -0.826. The Kier molecular flexibility index (Phi) is 4.04. The SMILES string of the molecule is COCc1ccc2c(c1CCC(=O)O)OCCO2. The lowest BCUT2D eigenvalue weighted by molar-refractivity contribution is -0.136. The molecular weight excluding hydrogens is 236 g/mol. The molecule has 0 radical (unpaired) electrons. The number of methoxy groups -OCH3 is 1. The third kappa shape index (κ3) is 2.73. The summed E-state index contributed by atoms with van der Waals surface area (Å²) in [6.07, 6.45) is 0.483. The predicted octanol–water partition coefficient (Wildman–Crippen LogP) is 1.62. The van der Waals surface area contributed by atoms with Crippen LogP contribution in [0.5, 0.6) is 11.5 Å². The molecule has 0 aliphatic carbocycles. The predicted molar refractivity (Wildman–Crippen MR) is 64.1 cm³/mol. The molecule has 0 saturated heterocycles. The van der Waals surface area contributed by atoms with Crippen LogP contribution in [0.2, 0.25) is 0 Å². The van der Waals surface area contributed by atoms with Crippen molar-refractivity contribution in [3.05, 3.63) is 23.3 Å². The number of carbonyl (C=O) groups is 1. The van der Waals surface area contributed by atoms with Gasteiger partial charge in [-0.2, -0.15) is 0 Å². The Bertz CT molecular complexity index is 441. The maximum absolute atomic E-state index is 10.7. The topological polar surface area (TPSA) is 65.0 Å². The van der Waals surface area contributed by atoms with Crippen molar-refractivity contribution >= 4 is 5.97 Å². The maximum atomic E-state index is 10.7. The molecule has 0 aromatic heterocycles. The third-order valence-electron chi connectivity index (χ3n) is 2.80. The van der Waals surface area contributed by atoms with E-state index in [2.05, 4.69) is 0 Å². The summed E-state index contributed by atoms with van der Waals surface area (Å²) in [6.45, 7) is 1.45. The molecule has 0 fully saturated rings. The van der Waals surface area contributed by atoms with Crippen LogP contribution < -0.4 is 9.47 Å². The van der Waals surface area contributed by atoms with E-state index < -0.39 is 5.97 Å². The van der Waals surface area contributed by atoms with Crippen molar-refractivity contribution in [3.8, 4) is 11.5 Å². The summed E-state index contributed by atoms with van der Waals surface area (Å²) in [5, 5.41) is 8.80. The lowest BCUT2D eigenvalue weighted by Gasteiger charge is -2.23. The molecular formula is C13H16O5. The van der Waals surface area contributed by atoms with Crippen LogP contribution in [0, 0.1) is 0 Å². The first kappa shape index (κ1) is 12.7. The molecule has 1 aromatic rings. The third-order valence-corrected chi connectivity index (χ3v) is 2.80. The normalized spacial score (nSPS) is 13.4. The second kappa shape index (κ2) is 5.73. The fraction of sp³-hybridized carbons (Fsp3) is 0.462. The van der Waals surface area contributed by atoms with Crippen molar-refractivity contribution in [2.45, 2.75) is 19.4 Å². The van der Waals surface area contributed by atoms with Crippen LogP contribution in [0.25, 0.3) is 0 Å². The first-order chi connectivity index (χ1) is 8.72. The second-order valence-corrected chi connectivity index (χ2v) is 4.05. The standard InChI is InChI=1S/C13H16O5/c1-16-8-9-2-4-11-13(18-7-6-17-11)10(9)3-5-12(14)15/h2,4H,3,5-8H2,1H3,(H,14,15). The fourth-order valence-electron chi connectivity index (χ4n) is 2.01. The molecule has 2 rings (SSSR count). The second-order valence-electron chi connectivity index (χ2n) is 4.05. The van der Waals surface area contributed by atoms with Crippen molar-refractivity contribution in [2.24, 2.45) is 0 Å². The molecule has 0 amide bonds. The summed E-state index contributed by atoms with van der Waals surface area (Å²) in [6, 6.07) is 3.74. The van der Waals surface area contributed by atoms with Crippen LogP contribution in [0.1, 0.15) is 17.5 Å². The van der Waals surface area contributed by atoms with Gasteiger partial charge in [0, 0.05) is 19.1 Å². The van der Waals surface area contributed by atoms with E-state index in [0.29, 0.717) is 37.7 Å². The number of carboxylic acids is 1. The number of hydrogen-bond donors (Lipinski definition) is 1. The quantitative estimate of drug-likeness (QED) is 0.862. The molecule has 0 saturated carbocycles. The minimum absolute atomic E-state index is 0.0660. The van der Waals surface area contributed by atoms with Gasteiger partial charge in [-0.1, -0.05) is 6.07 Å². The molecule has 5 nitrogen and oxygen atoms in total. The van der Waals surface area contributed by atoms with E-state index in [1.165, 1.54) is 0 Å². The summed E-state index contributed by atoms with van der Waals surface area (Å²) >= 11 is 0. The molecule has 1 aliphatic rings. The number of benzene rings is 1. The van der Waals surface area contributed by atoms with Crippen LogP contribution in [0.15, 0.2) is 12.1 Å². The van der Waals surface area contributed by atoms with Gasteiger partial charge >= 0.3 is 5.97 Å². The van der Waals surface area contributed by atoms with Crippen molar-refractivity contribution < 1.29 is 24.1 Å². The van der Waals surface area contributed by atoms with Gasteiger partial charge in [-0.05, 0) is 18.1 Å². The zero-order chi connectivity index (χ0) is 13.0. The molecule has 1 heterocycles. The Morgan fingerprint density at radius 2 is 2.17 bits per heavy atom. The lowest BCUT2D eigenvalue weighted by atomic mass is 10.0. The largest absolute Gasteiger partial charge is 0.486 e. The highest BCUT2D eigenvalue weighted by Crippen LogP contribution is 2.36. The number of fused-ring (bicyclic) bond motifs is 1. The highest BCUT2D eigenvalue weighted by atomic mass is 16.6. The van der Waals surface area contributed by atoms with Gasteiger partial charge < -0.3 is 19.3 Å². The Morgan fingerprint density at radius 1 is 1.39 bits per heavy atom.